The van der Waals surface area contributed by atoms with Gasteiger partial charge in [-0.15, -0.1) is 0 Å². The number of nitrogens with two attached hydrogens (primary N) is 1. The van der Waals surface area contributed by atoms with Crippen LogP contribution in [0, 0.1) is 23.7 Å². The number of nitrogen functional groups attached to an aromatic ring is 1. The fourth-order valence-corrected chi connectivity index (χ4v) is 4.25. The predicted molar refractivity (Wildman–Crippen MR) is 144 cm³/mol. The zero-order valence-electron chi connectivity index (χ0n) is 21.0. The van der Waals surface area contributed by atoms with Crippen LogP contribution in [0.1, 0.15) is 116 Å². The molecule has 0 saturated carbocycles. The second-order valence-electron chi connectivity index (χ2n) is 9.04. The third-order valence-electron chi connectivity index (χ3n) is 6.03. The lowest BCUT2D eigenvalue weighted by atomic mass is 10.1. The average molecular weight is 484 g/mol. The summed E-state index contributed by atoms with van der Waals surface area (Å²) in [7, 11) is 0. The maximum absolute atomic E-state index is 6.08. The summed E-state index contributed by atoms with van der Waals surface area (Å²) in [5, 5.41) is 0.316. The van der Waals surface area contributed by atoms with Crippen LogP contribution in [-0.2, 0) is 6.54 Å². The molecule has 34 heavy (non-hydrogen) atoms. The molecule has 0 fully saturated rings. The van der Waals surface area contributed by atoms with Gasteiger partial charge in [0.15, 0.2) is 10.8 Å². The highest BCUT2D eigenvalue weighted by Gasteiger charge is 2.10. The van der Waals surface area contributed by atoms with E-state index in [-0.39, 0.29) is 5.95 Å². The van der Waals surface area contributed by atoms with Crippen molar-refractivity contribution in [2.75, 3.05) is 5.73 Å². The molecule has 6 heteroatoms. The van der Waals surface area contributed by atoms with Gasteiger partial charge in [0.25, 0.3) is 0 Å². The molecule has 2 N–H and O–H groups in total. The van der Waals surface area contributed by atoms with Crippen molar-refractivity contribution in [2.24, 2.45) is 0 Å². The standard InChI is InChI=1S/C28H42ClN5/c1-2-3-4-5-6-7-8-9-10-11-12-13-14-15-16-17-18-19-20-21-22-23-34-24-31-25-26(29)32-28(30)33-27(25)34/h24H,2-10,15-23H2,1H3,(H2,30,32,33). The Labute approximate surface area is 211 Å². The van der Waals surface area contributed by atoms with E-state index in [0.717, 1.165) is 31.5 Å². The van der Waals surface area contributed by atoms with Crippen LogP contribution in [0.15, 0.2) is 6.33 Å². The van der Waals surface area contributed by atoms with Crippen LogP contribution >= 0.6 is 11.6 Å². The Hall–Kier alpha value is -2.24. The van der Waals surface area contributed by atoms with Gasteiger partial charge in [-0.2, -0.15) is 9.97 Å². The molecule has 2 aromatic rings. The Balaban J connectivity index is 1.39. The number of rotatable bonds is 17. The minimum absolute atomic E-state index is 0.190. The molecule has 0 amide bonds. The Bertz CT molecular complexity index is 945. The summed E-state index contributed by atoms with van der Waals surface area (Å²) in [6, 6.07) is 0. The minimum Gasteiger partial charge on any atom is -0.368 e. The molecule has 186 valence electrons. The molecule has 0 saturated heterocycles. The summed E-state index contributed by atoms with van der Waals surface area (Å²) in [4.78, 5) is 12.5. The number of imidazole rings is 1. The van der Waals surface area contributed by atoms with Crippen LogP contribution in [0.4, 0.5) is 5.95 Å². The highest BCUT2D eigenvalue weighted by atomic mass is 35.5. The van der Waals surface area contributed by atoms with Gasteiger partial charge >= 0.3 is 0 Å². The van der Waals surface area contributed by atoms with E-state index in [1.807, 2.05) is 4.57 Å². The highest BCUT2D eigenvalue weighted by molar-refractivity contribution is 6.33. The van der Waals surface area contributed by atoms with Crippen LogP contribution in [-0.4, -0.2) is 19.5 Å². The van der Waals surface area contributed by atoms with Gasteiger partial charge in [-0.1, -0.05) is 107 Å². The maximum Gasteiger partial charge on any atom is 0.223 e. The normalized spacial score (nSPS) is 10.6. The first-order valence-corrected chi connectivity index (χ1v) is 13.7. The fourth-order valence-electron chi connectivity index (χ4n) is 4.03. The van der Waals surface area contributed by atoms with E-state index >= 15 is 0 Å². The second kappa shape index (κ2) is 18.1. The van der Waals surface area contributed by atoms with Gasteiger partial charge in [-0.05, 0) is 31.1 Å². The molecule has 0 atom stereocenters. The number of unbranched alkanes of at least 4 members (excludes halogenated alkanes) is 15. The van der Waals surface area contributed by atoms with E-state index in [9.17, 15) is 0 Å². The fraction of sp³-hybridized carbons (Fsp3) is 0.679. The molecule has 0 spiro atoms. The molecule has 2 heterocycles. The average Bonchev–Trinajstić information content (AvgIpc) is 3.23. The maximum atomic E-state index is 6.08. The Kier molecular flexibility index (Phi) is 14.9. The summed E-state index contributed by atoms with van der Waals surface area (Å²) in [5.41, 5.74) is 7.04. The zero-order valence-corrected chi connectivity index (χ0v) is 21.8. The number of aromatic nitrogens is 4. The van der Waals surface area contributed by atoms with Gasteiger partial charge in [0, 0.05) is 19.4 Å². The molecule has 2 rings (SSSR count). The Morgan fingerprint density at radius 3 is 1.88 bits per heavy atom. The van der Waals surface area contributed by atoms with Crippen molar-refractivity contribution in [3.05, 3.63) is 11.5 Å². The van der Waals surface area contributed by atoms with Gasteiger partial charge in [0.05, 0.1) is 6.33 Å². The van der Waals surface area contributed by atoms with Crippen LogP contribution in [0.25, 0.3) is 11.2 Å². The molecule has 0 unspecified atom stereocenters. The summed E-state index contributed by atoms with van der Waals surface area (Å²) < 4.78 is 2.01. The van der Waals surface area contributed by atoms with Crippen molar-refractivity contribution >= 4 is 28.7 Å². The van der Waals surface area contributed by atoms with Gasteiger partial charge in [0.1, 0.15) is 5.52 Å². The third-order valence-corrected chi connectivity index (χ3v) is 6.30. The lowest BCUT2D eigenvalue weighted by Crippen LogP contribution is -2.01. The molecule has 0 aliphatic rings. The van der Waals surface area contributed by atoms with Crippen molar-refractivity contribution in [2.45, 2.75) is 123 Å². The number of aryl methyl sites for hydroxylation is 1. The quantitative estimate of drug-likeness (QED) is 0.142. The smallest absolute Gasteiger partial charge is 0.223 e. The molecular weight excluding hydrogens is 442 g/mol. The molecule has 0 radical (unpaired) electrons. The van der Waals surface area contributed by atoms with E-state index in [4.69, 9.17) is 17.3 Å². The van der Waals surface area contributed by atoms with Crippen molar-refractivity contribution in [3.8, 4) is 23.7 Å². The van der Waals surface area contributed by atoms with Crippen LogP contribution in [0.5, 0.6) is 0 Å². The first-order valence-electron chi connectivity index (χ1n) is 13.3. The lowest BCUT2D eigenvalue weighted by molar-refractivity contribution is 0.550. The van der Waals surface area contributed by atoms with Crippen LogP contribution in [0.2, 0.25) is 5.15 Å². The van der Waals surface area contributed by atoms with E-state index in [1.165, 1.54) is 89.9 Å². The molecular formula is C28H42ClN5. The number of fused-ring (bicyclic) bond motifs is 1. The van der Waals surface area contributed by atoms with E-state index in [2.05, 4.69) is 45.6 Å². The van der Waals surface area contributed by atoms with Gasteiger partial charge < -0.3 is 10.3 Å². The summed E-state index contributed by atoms with van der Waals surface area (Å²) >= 11 is 6.08. The van der Waals surface area contributed by atoms with Gasteiger partial charge in [-0.25, -0.2) is 4.98 Å². The van der Waals surface area contributed by atoms with E-state index in [1.54, 1.807) is 6.33 Å². The van der Waals surface area contributed by atoms with Crippen LogP contribution < -0.4 is 5.73 Å². The number of hydrogen-bond donors (Lipinski definition) is 1. The first-order chi connectivity index (χ1) is 16.7. The molecule has 0 bridgehead atoms. The molecule has 0 aliphatic carbocycles. The first kappa shape index (κ1) is 28.0. The second-order valence-corrected chi connectivity index (χ2v) is 9.39. The number of hydrogen-bond acceptors (Lipinski definition) is 4. The topological polar surface area (TPSA) is 69.6 Å². The van der Waals surface area contributed by atoms with E-state index in [0.29, 0.717) is 10.7 Å². The molecule has 0 aliphatic heterocycles. The minimum atomic E-state index is 0.190. The number of nitrogens with zero attached hydrogens (tertiary/aromatic N) is 4. The van der Waals surface area contributed by atoms with Gasteiger partial charge in [-0.3, -0.25) is 0 Å². The highest BCUT2D eigenvalue weighted by Crippen LogP contribution is 2.20. The van der Waals surface area contributed by atoms with Crippen molar-refractivity contribution in [1.29, 1.82) is 0 Å². The van der Waals surface area contributed by atoms with Crippen molar-refractivity contribution in [1.82, 2.24) is 19.5 Å². The predicted octanol–water partition coefficient (Wildman–Crippen LogP) is 7.72. The molecule has 2 aromatic heterocycles. The third kappa shape index (κ3) is 11.8. The lowest BCUT2D eigenvalue weighted by Gasteiger charge is -2.04. The summed E-state index contributed by atoms with van der Waals surface area (Å²) in [5.74, 6) is 12.6. The molecule has 0 aromatic carbocycles. The number of anilines is 1. The largest absolute Gasteiger partial charge is 0.368 e. The Morgan fingerprint density at radius 2 is 1.29 bits per heavy atom. The molecule has 5 nitrogen and oxygen atoms in total. The van der Waals surface area contributed by atoms with E-state index < -0.39 is 0 Å². The monoisotopic (exact) mass is 483 g/mol. The summed E-state index contributed by atoms with van der Waals surface area (Å²) in [6.45, 7) is 3.14. The summed E-state index contributed by atoms with van der Waals surface area (Å²) in [6.07, 6.45) is 23.1. The van der Waals surface area contributed by atoms with Gasteiger partial charge in [0.2, 0.25) is 5.95 Å². The Morgan fingerprint density at radius 1 is 0.765 bits per heavy atom. The van der Waals surface area contributed by atoms with Crippen molar-refractivity contribution in [3.63, 3.8) is 0 Å². The van der Waals surface area contributed by atoms with Crippen molar-refractivity contribution < 1.29 is 0 Å². The zero-order chi connectivity index (χ0) is 24.3. The number of halogens is 1. The van der Waals surface area contributed by atoms with Crippen LogP contribution in [0.3, 0.4) is 0 Å². The SMILES string of the molecule is CCCCCCCCCCC#CC#CCCCCCCCCCn1cnc2c(Cl)nc(N)nc21.